The van der Waals surface area contributed by atoms with Gasteiger partial charge in [-0.3, -0.25) is 0 Å². The predicted molar refractivity (Wildman–Crippen MR) is 163 cm³/mol. The van der Waals surface area contributed by atoms with Crippen LogP contribution < -0.4 is 20.7 Å². The summed E-state index contributed by atoms with van der Waals surface area (Å²) >= 11 is 0. The van der Waals surface area contributed by atoms with Gasteiger partial charge in [0.15, 0.2) is 0 Å². The summed E-state index contributed by atoms with van der Waals surface area (Å²) in [6.07, 6.45) is 0. The molecule has 0 bridgehead atoms. The first-order chi connectivity index (χ1) is 18.1. The Bertz CT molecular complexity index is 1020. The molecule has 192 valence electrons. The maximum absolute atomic E-state index is 6.23. The zero-order valence-electron chi connectivity index (χ0n) is 22.0. The second-order valence-electron chi connectivity index (χ2n) is 9.70. The van der Waals surface area contributed by atoms with E-state index in [9.17, 15) is 0 Å². The molecule has 0 aromatic heterocycles. The molecule has 0 aliphatic carbocycles. The normalized spacial score (nSPS) is 12.1. The lowest BCUT2D eigenvalue weighted by atomic mass is 10.4. The molecule has 0 atom stereocenters. The van der Waals surface area contributed by atoms with Crippen molar-refractivity contribution in [2.24, 2.45) is 0 Å². The number of rotatable bonds is 13. The Kier molecular flexibility index (Phi) is 10.0. The maximum atomic E-state index is 6.23. The fraction of sp³-hybridized carbons (Fsp3) is 0.226. The zero-order valence-corrected chi connectivity index (χ0v) is 24.9. The van der Waals surface area contributed by atoms with Gasteiger partial charge in [-0.1, -0.05) is 155 Å². The summed E-state index contributed by atoms with van der Waals surface area (Å²) in [6.45, 7) is 6.07. The highest BCUT2D eigenvalue weighted by molar-refractivity contribution is 7.41. The molecule has 0 saturated heterocycles. The van der Waals surface area contributed by atoms with Crippen LogP contribution in [0.4, 0.5) is 0 Å². The lowest BCUT2D eigenvalue weighted by molar-refractivity contribution is 0.193. The molecule has 0 amide bonds. The van der Waals surface area contributed by atoms with Gasteiger partial charge in [-0.05, 0) is 12.1 Å². The molecule has 0 fully saturated rings. The molecular weight excluding hydrogens is 507 g/mol. The average Bonchev–Trinajstić information content (AvgIpc) is 2.98. The van der Waals surface area contributed by atoms with E-state index in [0.29, 0.717) is 13.2 Å². The third-order valence-electron chi connectivity index (χ3n) is 7.39. The predicted octanol–water partition coefficient (Wildman–Crippen LogP) is 5.68. The Balaban J connectivity index is 1.39. The summed E-state index contributed by atoms with van der Waals surface area (Å²) in [5.41, 5.74) is 0. The molecule has 4 aromatic carbocycles. The smallest absolute Gasteiger partial charge is 0.316 e. The van der Waals surface area contributed by atoms with E-state index in [4.69, 9.17) is 13.6 Å². The number of hydrogen-bond acceptors (Lipinski definition) is 3. The highest BCUT2D eigenvalue weighted by Gasteiger charge is 2.33. The van der Waals surface area contributed by atoms with Crippen LogP contribution in [0.1, 0.15) is 0 Å². The van der Waals surface area contributed by atoms with Crippen molar-refractivity contribution in [3.05, 3.63) is 121 Å². The molecule has 0 unspecified atom stereocenters. The summed E-state index contributed by atoms with van der Waals surface area (Å²) in [5, 5.41) is 5.67. The minimum atomic E-state index is -1.95. The van der Waals surface area contributed by atoms with E-state index >= 15 is 0 Å². The average molecular weight is 545 g/mol. The molecular formula is C31H37O3PSi2. The van der Waals surface area contributed by atoms with Crippen molar-refractivity contribution in [3.63, 3.8) is 0 Å². The summed E-state index contributed by atoms with van der Waals surface area (Å²) in [4.78, 5) is 0. The zero-order chi connectivity index (χ0) is 26.0. The highest BCUT2D eigenvalue weighted by Crippen LogP contribution is 2.39. The lowest BCUT2D eigenvalue weighted by Crippen LogP contribution is -2.56. The van der Waals surface area contributed by atoms with E-state index in [1.165, 1.54) is 20.7 Å². The second-order valence-corrected chi connectivity index (χ2v) is 19.7. The molecule has 4 aromatic rings. The quantitative estimate of drug-likeness (QED) is 0.160. The van der Waals surface area contributed by atoms with Crippen molar-refractivity contribution in [2.75, 3.05) is 20.3 Å². The molecule has 0 saturated carbocycles. The molecule has 37 heavy (non-hydrogen) atoms. The van der Waals surface area contributed by atoms with Crippen LogP contribution in [0.15, 0.2) is 121 Å². The fourth-order valence-corrected chi connectivity index (χ4v) is 12.6. The maximum Gasteiger partial charge on any atom is 0.332 e. The molecule has 0 heterocycles. The van der Waals surface area contributed by atoms with Crippen LogP contribution in [-0.2, 0) is 13.6 Å². The van der Waals surface area contributed by atoms with Crippen molar-refractivity contribution >= 4 is 45.5 Å². The second kappa shape index (κ2) is 13.4. The minimum absolute atomic E-state index is 0.609. The Morgan fingerprint density at radius 2 is 0.757 bits per heavy atom. The van der Waals surface area contributed by atoms with E-state index in [0.717, 1.165) is 12.1 Å². The Morgan fingerprint density at radius 3 is 1.00 bits per heavy atom. The largest absolute Gasteiger partial charge is 0.332 e. The first kappa shape index (κ1) is 27.7. The lowest BCUT2D eigenvalue weighted by Gasteiger charge is -2.30. The fourth-order valence-electron chi connectivity index (χ4n) is 4.93. The first-order valence-corrected chi connectivity index (χ1v) is 19.4. The van der Waals surface area contributed by atoms with E-state index in [1.807, 2.05) is 0 Å². The van der Waals surface area contributed by atoms with Gasteiger partial charge in [0.1, 0.15) is 16.1 Å². The minimum Gasteiger partial charge on any atom is -0.316 e. The van der Waals surface area contributed by atoms with Crippen molar-refractivity contribution in [1.29, 1.82) is 0 Å². The van der Waals surface area contributed by atoms with Gasteiger partial charge in [0, 0.05) is 7.11 Å². The molecule has 0 spiro atoms. The molecule has 0 radical (unpaired) electrons. The molecule has 6 heteroatoms. The third-order valence-corrected chi connectivity index (χ3v) is 17.3. The van der Waals surface area contributed by atoms with Gasteiger partial charge in [0.05, 0.1) is 13.2 Å². The van der Waals surface area contributed by atoms with Crippen molar-refractivity contribution in [2.45, 2.75) is 25.2 Å². The van der Waals surface area contributed by atoms with E-state index in [1.54, 1.807) is 7.11 Å². The van der Waals surface area contributed by atoms with Crippen molar-refractivity contribution < 1.29 is 13.6 Å². The van der Waals surface area contributed by atoms with Gasteiger partial charge in [-0.2, -0.15) is 0 Å². The third kappa shape index (κ3) is 6.94. The van der Waals surface area contributed by atoms with Crippen LogP contribution in [0.5, 0.6) is 0 Å². The Hall–Kier alpha value is -2.38. The molecule has 0 aliphatic heterocycles. The van der Waals surface area contributed by atoms with Gasteiger partial charge in [0.2, 0.25) is 0 Å². The molecule has 0 N–H and O–H groups in total. The van der Waals surface area contributed by atoms with Gasteiger partial charge in [-0.15, -0.1) is 0 Å². The number of hydrogen-bond donors (Lipinski definition) is 0. The summed E-state index contributed by atoms with van der Waals surface area (Å²) in [6, 6.07) is 45.4. The van der Waals surface area contributed by atoms with Gasteiger partial charge >= 0.3 is 8.60 Å². The van der Waals surface area contributed by atoms with Crippen LogP contribution in [-0.4, -0.2) is 36.5 Å². The summed E-state index contributed by atoms with van der Waals surface area (Å²) < 4.78 is 18.1. The highest BCUT2D eigenvalue weighted by atomic mass is 31.2. The van der Waals surface area contributed by atoms with E-state index < -0.39 is 24.8 Å². The van der Waals surface area contributed by atoms with Crippen molar-refractivity contribution in [1.82, 2.24) is 0 Å². The number of benzene rings is 4. The molecule has 0 aliphatic rings. The SMILES string of the molecule is COP(OCC[Si](C)(c1ccccc1)c1ccccc1)OCC[Si](C)(c1ccccc1)c1ccccc1. The summed E-state index contributed by atoms with van der Waals surface area (Å²) in [7, 11) is -3.61. The Morgan fingerprint density at radius 1 is 0.486 bits per heavy atom. The molecule has 3 nitrogen and oxygen atoms in total. The first-order valence-electron chi connectivity index (χ1n) is 12.9. The van der Waals surface area contributed by atoms with Crippen LogP contribution in [0.3, 0.4) is 0 Å². The van der Waals surface area contributed by atoms with Crippen LogP contribution in [0.2, 0.25) is 25.2 Å². The van der Waals surface area contributed by atoms with E-state index in [-0.39, 0.29) is 0 Å². The molecule has 4 rings (SSSR count). The van der Waals surface area contributed by atoms with Crippen molar-refractivity contribution in [3.8, 4) is 0 Å². The standard InChI is InChI=1S/C31H37O3PSi2/c1-32-35(33-24-26-36(2,28-16-8-4-9-17-28)29-18-10-5-11-19-29)34-25-27-37(3,30-20-12-6-13-21-30)31-22-14-7-15-23-31/h4-23H,24-27H2,1-3H3. The van der Waals surface area contributed by atoms with Crippen LogP contribution in [0, 0.1) is 0 Å². The van der Waals surface area contributed by atoms with Crippen LogP contribution in [0.25, 0.3) is 0 Å². The van der Waals surface area contributed by atoms with E-state index in [2.05, 4.69) is 134 Å². The van der Waals surface area contributed by atoms with Gasteiger partial charge < -0.3 is 13.6 Å². The topological polar surface area (TPSA) is 27.7 Å². The van der Waals surface area contributed by atoms with Gasteiger partial charge in [0.25, 0.3) is 0 Å². The summed E-state index contributed by atoms with van der Waals surface area (Å²) in [5.74, 6) is 0. The van der Waals surface area contributed by atoms with Gasteiger partial charge in [-0.25, -0.2) is 0 Å². The van der Waals surface area contributed by atoms with Crippen LogP contribution >= 0.6 is 8.60 Å². The Labute approximate surface area is 225 Å². The monoisotopic (exact) mass is 544 g/mol.